The predicted molar refractivity (Wildman–Crippen MR) is 228 cm³/mol. The second kappa shape index (κ2) is 16.7. The number of nitrogens with one attached hydrogen (secondary N) is 2. The highest BCUT2D eigenvalue weighted by molar-refractivity contribution is 8.14. The zero-order valence-electron chi connectivity index (χ0n) is 35.3. The number of ether oxygens (including phenoxy) is 2. The van der Waals surface area contributed by atoms with Crippen molar-refractivity contribution in [2.75, 3.05) is 39.9 Å². The number of thioether (sulfide) groups is 1. The van der Waals surface area contributed by atoms with Crippen LogP contribution in [0.1, 0.15) is 103 Å². The number of esters is 1. The van der Waals surface area contributed by atoms with Gasteiger partial charge in [-0.15, -0.1) is 11.8 Å². The van der Waals surface area contributed by atoms with E-state index in [4.69, 9.17) is 19.5 Å². The van der Waals surface area contributed by atoms with Crippen molar-refractivity contribution in [2.45, 2.75) is 116 Å². The van der Waals surface area contributed by atoms with E-state index < -0.39 is 17.5 Å². The number of nitrogens with zero attached hydrogens (tertiary/aromatic N) is 5. The van der Waals surface area contributed by atoms with Gasteiger partial charge in [0, 0.05) is 72.4 Å². The normalized spacial score (nSPS) is 29.5. The molecule has 2 saturated heterocycles. The topological polar surface area (TPSA) is 130 Å². The molecule has 12 nitrogen and oxygen atoms in total. The number of pyridine rings is 1. The molecule has 2 amide bonds. The average Bonchev–Trinajstić information content (AvgIpc) is 3.63. The summed E-state index contributed by atoms with van der Waals surface area (Å²) in [5.74, 6) is -0.282. The van der Waals surface area contributed by atoms with E-state index in [1.807, 2.05) is 19.2 Å². The Morgan fingerprint density at radius 3 is 2.60 bits per heavy atom. The molecule has 1 aliphatic carbocycles. The SMILES string of the molecule is CO[C@@H](C)c1ncccc1-c1c2c3cc(ccc3n1CCN1CCCC1)C1N=C(C[C@H](NC(=O)[C@H]3[C@H](C)[C@@H]3C)C(=O)N3CCC[C@H](N3)C(=O)OCC(C)(C)C2)SC1C. The molecule has 5 aliphatic rings. The maximum Gasteiger partial charge on any atom is 0.324 e. The Hall–Kier alpha value is -3.78. The second-order valence-electron chi connectivity index (χ2n) is 18.2. The third-order valence-electron chi connectivity index (χ3n) is 13.4. The Morgan fingerprint density at radius 1 is 1.09 bits per heavy atom. The van der Waals surface area contributed by atoms with E-state index in [0.29, 0.717) is 32.2 Å². The number of hydrazine groups is 1. The van der Waals surface area contributed by atoms with Gasteiger partial charge < -0.3 is 24.3 Å². The highest BCUT2D eigenvalue weighted by Crippen LogP contribution is 2.46. The van der Waals surface area contributed by atoms with Crippen molar-refractivity contribution in [2.24, 2.45) is 28.2 Å². The van der Waals surface area contributed by atoms with Crippen LogP contribution in [0.25, 0.3) is 22.2 Å². The molecule has 3 fully saturated rings. The number of likely N-dealkylation sites (tertiary alicyclic amines) is 1. The summed E-state index contributed by atoms with van der Waals surface area (Å²) >= 11 is 1.68. The van der Waals surface area contributed by atoms with Gasteiger partial charge in [-0.1, -0.05) is 40.7 Å². The van der Waals surface area contributed by atoms with E-state index in [9.17, 15) is 14.4 Å². The van der Waals surface area contributed by atoms with E-state index in [0.717, 1.165) is 64.6 Å². The minimum Gasteiger partial charge on any atom is -0.464 e. The molecule has 8 atom stereocenters. The lowest BCUT2D eigenvalue weighted by Gasteiger charge is -2.35. The summed E-state index contributed by atoms with van der Waals surface area (Å²) < 4.78 is 14.5. The summed E-state index contributed by atoms with van der Waals surface area (Å²) in [7, 11) is 1.73. The van der Waals surface area contributed by atoms with Gasteiger partial charge in [0.25, 0.3) is 5.91 Å². The summed E-state index contributed by atoms with van der Waals surface area (Å²) in [6.07, 6.45) is 6.21. The Labute approximate surface area is 347 Å². The number of methoxy groups -OCH3 is 1. The number of carbonyl (C=O) groups is 3. The quantitative estimate of drug-likeness (QED) is 0.246. The molecule has 2 unspecified atom stereocenters. The lowest BCUT2D eigenvalue weighted by Crippen LogP contribution is -2.60. The zero-order chi connectivity index (χ0) is 40.9. The summed E-state index contributed by atoms with van der Waals surface area (Å²) in [4.78, 5) is 54.4. The fraction of sp³-hybridized carbons (Fsp3) is 0.622. The van der Waals surface area contributed by atoms with Gasteiger partial charge in [-0.3, -0.25) is 29.4 Å². The molecule has 1 saturated carbocycles. The number of aromatic nitrogens is 2. The molecule has 58 heavy (non-hydrogen) atoms. The maximum absolute atomic E-state index is 14.3. The first-order valence-corrected chi connectivity index (χ1v) is 22.3. The van der Waals surface area contributed by atoms with Crippen LogP contribution in [0.5, 0.6) is 0 Å². The average molecular weight is 812 g/mol. The van der Waals surface area contributed by atoms with Crippen molar-refractivity contribution < 1.29 is 23.9 Å². The van der Waals surface area contributed by atoms with Crippen LogP contribution in [0.3, 0.4) is 0 Å². The van der Waals surface area contributed by atoms with Gasteiger partial charge in [-0.05, 0) is 99.3 Å². The van der Waals surface area contributed by atoms with E-state index in [1.54, 1.807) is 18.9 Å². The number of hydrogen-bond donors (Lipinski definition) is 2. The fourth-order valence-electron chi connectivity index (χ4n) is 9.64. The maximum atomic E-state index is 14.3. The number of rotatable bonds is 8. The molecule has 8 rings (SSSR count). The van der Waals surface area contributed by atoms with Crippen molar-refractivity contribution in [3.8, 4) is 11.3 Å². The van der Waals surface area contributed by atoms with E-state index in [1.165, 1.54) is 23.4 Å². The van der Waals surface area contributed by atoms with Crippen LogP contribution in [0.15, 0.2) is 41.5 Å². The smallest absolute Gasteiger partial charge is 0.324 e. The Bertz CT molecular complexity index is 2070. The van der Waals surface area contributed by atoms with Gasteiger partial charge in [0.2, 0.25) is 5.91 Å². The van der Waals surface area contributed by atoms with Crippen molar-refractivity contribution in [1.29, 1.82) is 0 Å². The minimum absolute atomic E-state index is 0.0939. The lowest BCUT2D eigenvalue weighted by atomic mass is 9.84. The third kappa shape index (κ3) is 8.20. The minimum atomic E-state index is -0.811. The molecule has 1 aromatic carbocycles. The molecule has 3 aromatic rings. The molecule has 0 spiro atoms. The highest BCUT2D eigenvalue weighted by Gasteiger charge is 2.49. The van der Waals surface area contributed by atoms with Crippen LogP contribution in [0, 0.1) is 23.2 Å². The molecule has 312 valence electrons. The first-order chi connectivity index (χ1) is 27.8. The molecule has 6 heterocycles. The first kappa shape index (κ1) is 41.0. The highest BCUT2D eigenvalue weighted by atomic mass is 32.2. The molecule has 0 radical (unpaired) electrons. The van der Waals surface area contributed by atoms with E-state index >= 15 is 0 Å². The largest absolute Gasteiger partial charge is 0.464 e. The standard InChI is InChI=1S/C45H61N7O5S/c1-26-27(2)38(26)42(53)47-35-23-37-48-40(29(4)58-37)30-14-15-36-32(22-30)33(24-45(5,6)25-57-44(55)34-13-11-19-52(49-34)43(35)54)41(51(36)21-20-50-17-8-9-18-50)31-12-10-16-46-39(31)28(3)56-7/h10,12,14-16,22,26-29,34-35,38,40,49H,8-9,11,13,17-21,23-25H2,1-7H3,(H,47,53)/t26-,27+,28-,29?,34-,35-,38+,40?/m0/s1. The van der Waals surface area contributed by atoms with Gasteiger partial charge in [0.1, 0.15) is 12.1 Å². The Kier molecular flexibility index (Phi) is 11.8. The number of amides is 2. The molecule has 13 heteroatoms. The molecule has 2 N–H and O–H groups in total. The van der Waals surface area contributed by atoms with Gasteiger partial charge >= 0.3 is 5.97 Å². The van der Waals surface area contributed by atoms with E-state index in [2.05, 4.69) is 79.1 Å². The molecule has 2 aromatic heterocycles. The van der Waals surface area contributed by atoms with E-state index in [-0.39, 0.29) is 59.5 Å². The molecule has 4 aliphatic heterocycles. The summed E-state index contributed by atoms with van der Waals surface area (Å²) in [5, 5.41) is 6.78. The first-order valence-electron chi connectivity index (χ1n) is 21.5. The molecule has 6 bridgehead atoms. The lowest BCUT2D eigenvalue weighted by molar-refractivity contribution is -0.155. The number of hydrogen-bond acceptors (Lipinski definition) is 10. The summed E-state index contributed by atoms with van der Waals surface area (Å²) in [5.41, 5.74) is 9.28. The van der Waals surface area contributed by atoms with Gasteiger partial charge in [-0.2, -0.15) is 0 Å². The van der Waals surface area contributed by atoms with Crippen LogP contribution in [-0.4, -0.2) is 99.5 Å². The number of carbonyl (C=O) groups excluding carboxylic acids is 3. The molecular formula is C45H61N7O5S. The summed E-state index contributed by atoms with van der Waals surface area (Å²) in [6.45, 7) is 17.4. The number of cyclic esters (lactones) is 1. The number of benzene rings is 1. The van der Waals surface area contributed by atoms with Crippen LogP contribution in [0.2, 0.25) is 0 Å². The molecular weight excluding hydrogens is 751 g/mol. The van der Waals surface area contributed by atoms with Gasteiger partial charge in [0.15, 0.2) is 0 Å². The van der Waals surface area contributed by atoms with Crippen LogP contribution >= 0.6 is 11.8 Å². The fourth-order valence-corrected chi connectivity index (χ4v) is 10.9. The van der Waals surface area contributed by atoms with Gasteiger partial charge in [0.05, 0.1) is 35.2 Å². The Morgan fingerprint density at radius 2 is 1.86 bits per heavy atom. The Balaban J connectivity index is 1.25. The number of fused-ring (bicyclic) bond motifs is 5. The second-order valence-corrected chi connectivity index (χ2v) is 19.6. The third-order valence-corrected chi connectivity index (χ3v) is 14.5. The van der Waals surface area contributed by atoms with Crippen molar-refractivity contribution >= 4 is 45.5 Å². The predicted octanol–water partition coefficient (Wildman–Crippen LogP) is 6.48. The zero-order valence-corrected chi connectivity index (χ0v) is 36.1. The van der Waals surface area contributed by atoms with Crippen LogP contribution < -0.4 is 10.7 Å². The van der Waals surface area contributed by atoms with Crippen molar-refractivity contribution in [3.05, 3.63) is 53.3 Å². The monoisotopic (exact) mass is 811 g/mol. The van der Waals surface area contributed by atoms with Gasteiger partial charge in [-0.25, -0.2) is 5.43 Å². The van der Waals surface area contributed by atoms with Crippen molar-refractivity contribution in [3.63, 3.8) is 0 Å². The summed E-state index contributed by atoms with van der Waals surface area (Å²) in [6, 6.07) is 9.38. The van der Waals surface area contributed by atoms with Crippen molar-refractivity contribution in [1.82, 2.24) is 30.2 Å². The van der Waals surface area contributed by atoms with Crippen LogP contribution in [-0.2, 0) is 36.8 Å². The number of aliphatic imine (C=N–C) groups is 1. The van der Waals surface area contributed by atoms with Crippen LogP contribution in [0.4, 0.5) is 0 Å².